The fraction of sp³-hybridized carbons (Fsp3) is 0.333. The minimum absolute atomic E-state index is 0.0517. The molecule has 1 aliphatic heterocycles. The number of carbonyl (C=O) groups is 2. The molecule has 0 aromatic heterocycles. The van der Waals surface area contributed by atoms with Crippen molar-refractivity contribution in [1.29, 1.82) is 0 Å². The third-order valence-electron chi connectivity index (χ3n) is 5.34. The quantitative estimate of drug-likeness (QED) is 0.777. The highest BCUT2D eigenvalue weighted by molar-refractivity contribution is 6.02. The van der Waals surface area contributed by atoms with Crippen molar-refractivity contribution < 1.29 is 14.7 Å². The molecule has 1 atom stereocenters. The van der Waals surface area contributed by atoms with Crippen molar-refractivity contribution in [2.75, 3.05) is 5.32 Å². The summed E-state index contributed by atoms with van der Waals surface area (Å²) < 4.78 is 0. The van der Waals surface area contributed by atoms with Crippen LogP contribution in [0.1, 0.15) is 54.2 Å². The minimum Gasteiger partial charge on any atom is -0.508 e. The van der Waals surface area contributed by atoms with Crippen molar-refractivity contribution in [3.05, 3.63) is 59.7 Å². The van der Waals surface area contributed by atoms with Gasteiger partial charge in [-0.05, 0) is 42.7 Å². The Morgan fingerprint density at radius 3 is 2.48 bits per heavy atom. The van der Waals surface area contributed by atoms with Crippen LogP contribution < -0.4 is 10.7 Å². The maximum Gasteiger partial charge on any atom is 0.276 e. The predicted molar refractivity (Wildman–Crippen MR) is 102 cm³/mol. The van der Waals surface area contributed by atoms with E-state index in [0.717, 1.165) is 43.4 Å². The fourth-order valence-corrected chi connectivity index (χ4v) is 3.83. The summed E-state index contributed by atoms with van der Waals surface area (Å²) in [6.45, 7) is 0. The number of aromatic hydroxyl groups is 1. The lowest BCUT2D eigenvalue weighted by Crippen LogP contribution is -2.54. The van der Waals surface area contributed by atoms with E-state index >= 15 is 0 Å². The smallest absolute Gasteiger partial charge is 0.276 e. The minimum atomic E-state index is -0.541. The van der Waals surface area contributed by atoms with Crippen LogP contribution in [0, 0.1) is 5.92 Å². The van der Waals surface area contributed by atoms with Crippen LogP contribution in [-0.4, -0.2) is 21.9 Å². The first kappa shape index (κ1) is 17.4. The van der Waals surface area contributed by atoms with Crippen molar-refractivity contribution in [3.63, 3.8) is 0 Å². The summed E-state index contributed by atoms with van der Waals surface area (Å²) >= 11 is 0. The van der Waals surface area contributed by atoms with Crippen LogP contribution in [0.4, 0.5) is 5.69 Å². The number of fused-ring (bicyclic) bond motifs is 1. The summed E-state index contributed by atoms with van der Waals surface area (Å²) in [7, 11) is 0. The highest BCUT2D eigenvalue weighted by atomic mass is 16.3. The molecule has 140 valence electrons. The van der Waals surface area contributed by atoms with E-state index < -0.39 is 6.17 Å². The molecule has 0 spiro atoms. The van der Waals surface area contributed by atoms with Crippen molar-refractivity contribution in [2.24, 2.45) is 5.92 Å². The Balaban J connectivity index is 1.65. The monoisotopic (exact) mass is 365 g/mol. The lowest BCUT2D eigenvalue weighted by Gasteiger charge is -2.38. The molecule has 6 nitrogen and oxygen atoms in total. The van der Waals surface area contributed by atoms with Crippen molar-refractivity contribution >= 4 is 17.5 Å². The molecule has 1 fully saturated rings. The Kier molecular flexibility index (Phi) is 4.71. The number of rotatable bonds is 3. The molecule has 4 rings (SSSR count). The van der Waals surface area contributed by atoms with Gasteiger partial charge in [0, 0.05) is 11.6 Å². The average Bonchev–Trinajstić information content (AvgIpc) is 2.71. The van der Waals surface area contributed by atoms with Gasteiger partial charge in [0.05, 0.1) is 5.56 Å². The lowest BCUT2D eigenvalue weighted by atomic mass is 9.89. The molecule has 0 radical (unpaired) electrons. The van der Waals surface area contributed by atoms with E-state index in [9.17, 15) is 14.7 Å². The van der Waals surface area contributed by atoms with Crippen LogP contribution in [0.2, 0.25) is 0 Å². The third kappa shape index (κ3) is 3.47. The third-order valence-corrected chi connectivity index (χ3v) is 5.34. The lowest BCUT2D eigenvalue weighted by molar-refractivity contribution is -0.130. The maximum absolute atomic E-state index is 13.1. The van der Waals surface area contributed by atoms with Crippen LogP contribution >= 0.6 is 0 Å². The van der Waals surface area contributed by atoms with E-state index in [1.807, 2.05) is 12.1 Å². The van der Waals surface area contributed by atoms with Gasteiger partial charge in [-0.1, -0.05) is 43.5 Å². The fourth-order valence-electron chi connectivity index (χ4n) is 3.83. The summed E-state index contributed by atoms with van der Waals surface area (Å²) in [5.74, 6) is -0.247. The van der Waals surface area contributed by atoms with Gasteiger partial charge in [-0.3, -0.25) is 15.0 Å². The molecule has 0 saturated heterocycles. The number of phenols is 1. The largest absolute Gasteiger partial charge is 0.508 e. The van der Waals surface area contributed by atoms with Gasteiger partial charge < -0.3 is 10.4 Å². The van der Waals surface area contributed by atoms with E-state index in [1.54, 1.807) is 36.4 Å². The Bertz CT molecular complexity index is 844. The number of hydrogen-bond donors (Lipinski definition) is 3. The molecule has 2 aliphatic rings. The Hall–Kier alpha value is -3.02. The molecule has 0 bridgehead atoms. The van der Waals surface area contributed by atoms with E-state index in [-0.39, 0.29) is 23.5 Å². The van der Waals surface area contributed by atoms with Gasteiger partial charge in [0.2, 0.25) is 5.91 Å². The molecule has 1 saturated carbocycles. The molecule has 2 aromatic carbocycles. The Morgan fingerprint density at radius 2 is 1.74 bits per heavy atom. The number of para-hydroxylation sites is 1. The Morgan fingerprint density at radius 1 is 1.04 bits per heavy atom. The van der Waals surface area contributed by atoms with Crippen molar-refractivity contribution in [3.8, 4) is 5.75 Å². The number of amides is 2. The second-order valence-electron chi connectivity index (χ2n) is 7.17. The number of hydrazine groups is 1. The van der Waals surface area contributed by atoms with Gasteiger partial charge in [-0.25, -0.2) is 5.01 Å². The molecule has 1 heterocycles. The number of phenolic OH excluding ortho intramolecular Hbond substituents is 1. The van der Waals surface area contributed by atoms with E-state index in [4.69, 9.17) is 0 Å². The van der Waals surface area contributed by atoms with Crippen LogP contribution in [0.5, 0.6) is 5.75 Å². The standard InChI is InChI=1S/C21H23N3O3/c25-16-12-10-14(11-13-16)19-22-18-9-5-4-8-17(18)21(27)24(19)23-20(26)15-6-2-1-3-7-15/h4-5,8-13,15,19,22,25H,1-3,6-7H2,(H,23,26). The molecule has 1 unspecified atom stereocenters. The maximum atomic E-state index is 13.1. The van der Waals surface area contributed by atoms with E-state index in [0.29, 0.717) is 5.56 Å². The number of nitrogens with one attached hydrogen (secondary N) is 2. The van der Waals surface area contributed by atoms with Crippen molar-refractivity contribution in [1.82, 2.24) is 10.4 Å². The number of hydrogen-bond acceptors (Lipinski definition) is 4. The summed E-state index contributed by atoms with van der Waals surface area (Å²) in [5.41, 5.74) is 4.89. The molecule has 27 heavy (non-hydrogen) atoms. The second-order valence-corrected chi connectivity index (χ2v) is 7.17. The highest BCUT2D eigenvalue weighted by Crippen LogP contribution is 2.33. The first-order chi connectivity index (χ1) is 13.1. The zero-order valence-electron chi connectivity index (χ0n) is 15.0. The van der Waals surface area contributed by atoms with Gasteiger partial charge in [-0.15, -0.1) is 0 Å². The van der Waals surface area contributed by atoms with Crippen molar-refractivity contribution in [2.45, 2.75) is 38.3 Å². The van der Waals surface area contributed by atoms with Gasteiger partial charge in [0.15, 0.2) is 0 Å². The molecule has 3 N–H and O–H groups in total. The van der Waals surface area contributed by atoms with Crippen LogP contribution in [0.25, 0.3) is 0 Å². The Labute approximate surface area is 158 Å². The molecular formula is C21H23N3O3. The number of nitrogens with zero attached hydrogens (tertiary/aromatic N) is 1. The van der Waals surface area contributed by atoms with E-state index in [1.165, 1.54) is 5.01 Å². The molecule has 6 heteroatoms. The number of anilines is 1. The summed E-state index contributed by atoms with van der Waals surface area (Å²) in [6, 6.07) is 13.9. The number of benzene rings is 2. The summed E-state index contributed by atoms with van der Waals surface area (Å²) in [5, 5.41) is 14.3. The first-order valence-corrected chi connectivity index (χ1v) is 9.42. The van der Waals surface area contributed by atoms with E-state index in [2.05, 4.69) is 10.7 Å². The summed E-state index contributed by atoms with van der Waals surface area (Å²) in [4.78, 5) is 25.9. The van der Waals surface area contributed by atoms with Gasteiger partial charge in [0.1, 0.15) is 11.9 Å². The van der Waals surface area contributed by atoms with Gasteiger partial charge in [0.25, 0.3) is 5.91 Å². The second kappa shape index (κ2) is 7.31. The van der Waals surface area contributed by atoms with Crippen LogP contribution in [0.15, 0.2) is 48.5 Å². The molecule has 2 amide bonds. The van der Waals surface area contributed by atoms with Crippen LogP contribution in [0.3, 0.4) is 0 Å². The first-order valence-electron chi connectivity index (χ1n) is 9.42. The van der Waals surface area contributed by atoms with Gasteiger partial charge in [-0.2, -0.15) is 0 Å². The zero-order valence-corrected chi connectivity index (χ0v) is 15.0. The zero-order chi connectivity index (χ0) is 18.8. The predicted octanol–water partition coefficient (Wildman–Crippen LogP) is 3.57. The average molecular weight is 365 g/mol. The van der Waals surface area contributed by atoms with Crippen LogP contribution in [-0.2, 0) is 4.79 Å². The highest BCUT2D eigenvalue weighted by Gasteiger charge is 2.35. The van der Waals surface area contributed by atoms with Gasteiger partial charge >= 0.3 is 0 Å². The SMILES string of the molecule is O=C(NN1C(=O)c2ccccc2NC1c1ccc(O)cc1)C1CCCCC1. The molecular weight excluding hydrogens is 342 g/mol. The normalized spacial score (nSPS) is 19.9. The topological polar surface area (TPSA) is 81.7 Å². The molecule has 1 aliphatic carbocycles. The summed E-state index contributed by atoms with van der Waals surface area (Å²) in [6.07, 6.45) is 4.45. The number of carbonyl (C=O) groups excluding carboxylic acids is 2. The molecule has 2 aromatic rings.